The van der Waals surface area contributed by atoms with Gasteiger partial charge in [0.25, 0.3) is 5.91 Å². The van der Waals surface area contributed by atoms with Gasteiger partial charge in [0.15, 0.2) is 0 Å². The smallest absolute Gasteiger partial charge is 0.369 e. The van der Waals surface area contributed by atoms with Crippen molar-refractivity contribution in [3.05, 3.63) is 88.5 Å². The molecule has 0 saturated carbocycles. The van der Waals surface area contributed by atoms with E-state index in [0.717, 1.165) is 43.0 Å². The number of carbonyl (C=O) groups excluding carboxylic acids is 1. The van der Waals surface area contributed by atoms with E-state index in [4.69, 9.17) is 0 Å². The van der Waals surface area contributed by atoms with E-state index in [1.54, 1.807) is 6.07 Å². The predicted octanol–water partition coefficient (Wildman–Crippen LogP) is 6.42. The first kappa shape index (κ1) is 28.5. The molecule has 0 spiro atoms. The van der Waals surface area contributed by atoms with E-state index in [-0.39, 0.29) is 24.6 Å². The van der Waals surface area contributed by atoms with Crippen molar-refractivity contribution in [3.63, 3.8) is 0 Å². The largest absolute Gasteiger partial charge is 0.416 e. The van der Waals surface area contributed by atoms with E-state index in [1.807, 2.05) is 43.3 Å². The average molecular weight is 550 g/mol. The first-order valence-corrected chi connectivity index (χ1v) is 12.5. The minimum Gasteiger partial charge on any atom is -0.369 e. The Bertz CT molecular complexity index is 1300. The number of benzene rings is 3. The molecule has 0 atom stereocenters. The number of halogens is 6. The van der Waals surface area contributed by atoms with Gasteiger partial charge in [-0.25, -0.2) is 0 Å². The van der Waals surface area contributed by atoms with Crippen molar-refractivity contribution < 1.29 is 31.1 Å². The molecule has 1 heterocycles. The van der Waals surface area contributed by atoms with Gasteiger partial charge in [0.1, 0.15) is 0 Å². The zero-order valence-corrected chi connectivity index (χ0v) is 21.6. The summed E-state index contributed by atoms with van der Waals surface area (Å²) < 4.78 is 79.1. The lowest BCUT2D eigenvalue weighted by molar-refractivity contribution is -0.143. The molecular formula is C29H29F6N3O. The summed E-state index contributed by atoms with van der Waals surface area (Å²) in [5, 5.41) is 2.68. The van der Waals surface area contributed by atoms with E-state index in [1.165, 1.54) is 0 Å². The zero-order chi connectivity index (χ0) is 28.4. The third-order valence-corrected chi connectivity index (χ3v) is 6.90. The molecular weight excluding hydrogens is 520 g/mol. The van der Waals surface area contributed by atoms with Crippen molar-refractivity contribution in [1.82, 2.24) is 10.2 Å². The highest BCUT2D eigenvalue weighted by Crippen LogP contribution is 2.36. The number of nitrogens with one attached hydrogen (secondary N) is 1. The highest BCUT2D eigenvalue weighted by atomic mass is 19.4. The number of anilines is 1. The number of carbonyl (C=O) groups is 1. The summed E-state index contributed by atoms with van der Waals surface area (Å²) >= 11 is 0. The van der Waals surface area contributed by atoms with Gasteiger partial charge in [0, 0.05) is 44.0 Å². The lowest BCUT2D eigenvalue weighted by atomic mass is 9.94. The van der Waals surface area contributed by atoms with Crippen LogP contribution in [-0.4, -0.2) is 50.6 Å². The molecule has 1 aliphatic rings. The van der Waals surface area contributed by atoms with Crippen LogP contribution in [0.3, 0.4) is 0 Å². The standard InChI is InChI=1S/C29H29F6N3O/c1-19-5-3-4-6-24(19)26-18-23(38-13-11-37(2)12-14-38)7-8-25(26)27(39)36-10-9-20-15-21(28(30,31)32)17-22(16-20)29(33,34)35/h3-8,15-18H,9-14H2,1-2H3,(H,36,39). The van der Waals surface area contributed by atoms with Crippen LogP contribution < -0.4 is 10.2 Å². The Morgan fingerprint density at radius 3 is 2.03 bits per heavy atom. The molecule has 0 radical (unpaired) electrons. The average Bonchev–Trinajstić information content (AvgIpc) is 2.88. The maximum atomic E-state index is 13.2. The Balaban J connectivity index is 1.57. The second-order valence-corrected chi connectivity index (χ2v) is 9.76. The maximum absolute atomic E-state index is 13.2. The van der Waals surface area contributed by atoms with Gasteiger partial charge in [-0.05, 0) is 79.0 Å². The number of hydrogen-bond donors (Lipinski definition) is 1. The topological polar surface area (TPSA) is 35.6 Å². The summed E-state index contributed by atoms with van der Waals surface area (Å²) in [6, 6.07) is 14.6. The van der Waals surface area contributed by atoms with Crippen LogP contribution in [0.5, 0.6) is 0 Å². The number of aryl methyl sites for hydroxylation is 1. The third-order valence-electron chi connectivity index (χ3n) is 6.90. The summed E-state index contributed by atoms with van der Waals surface area (Å²) in [6.45, 7) is 5.30. The van der Waals surface area contributed by atoms with Gasteiger partial charge in [-0.1, -0.05) is 24.3 Å². The number of piperazine rings is 1. The first-order valence-electron chi connectivity index (χ1n) is 12.5. The number of likely N-dealkylation sites (N-methyl/N-ethyl adjacent to an activating group) is 1. The number of hydrogen-bond acceptors (Lipinski definition) is 3. The summed E-state index contributed by atoms with van der Waals surface area (Å²) in [5.74, 6) is -0.457. The van der Waals surface area contributed by atoms with Crippen molar-refractivity contribution >= 4 is 11.6 Å². The first-order chi connectivity index (χ1) is 18.3. The Morgan fingerprint density at radius 1 is 0.821 bits per heavy atom. The van der Waals surface area contributed by atoms with Crippen molar-refractivity contribution in [2.45, 2.75) is 25.7 Å². The van der Waals surface area contributed by atoms with E-state index in [9.17, 15) is 31.1 Å². The Morgan fingerprint density at radius 2 is 1.44 bits per heavy atom. The van der Waals surface area contributed by atoms with E-state index in [2.05, 4.69) is 22.2 Å². The molecule has 0 bridgehead atoms. The monoisotopic (exact) mass is 549 g/mol. The fraction of sp³-hybridized carbons (Fsp3) is 0.345. The second-order valence-electron chi connectivity index (χ2n) is 9.76. The third kappa shape index (κ3) is 6.92. The van der Waals surface area contributed by atoms with Gasteiger partial charge in [0.05, 0.1) is 11.1 Å². The van der Waals surface area contributed by atoms with Crippen LogP contribution in [0.15, 0.2) is 60.7 Å². The number of nitrogens with zero attached hydrogens (tertiary/aromatic N) is 2. The lowest BCUT2D eigenvalue weighted by Gasteiger charge is -2.34. The molecule has 1 fully saturated rings. The SMILES string of the molecule is Cc1ccccc1-c1cc(N2CCN(C)CC2)ccc1C(=O)NCCc1cc(C(F)(F)F)cc(C(F)(F)F)c1. The van der Waals surface area contributed by atoms with Crippen LogP contribution in [0.1, 0.15) is 32.6 Å². The Labute approximate surface area is 223 Å². The molecule has 208 valence electrons. The molecule has 0 aliphatic carbocycles. The van der Waals surface area contributed by atoms with Crippen LogP contribution in [0.25, 0.3) is 11.1 Å². The summed E-state index contributed by atoms with van der Waals surface area (Å²) in [4.78, 5) is 17.7. The minimum absolute atomic E-state index is 0.0957. The molecule has 0 unspecified atom stereocenters. The molecule has 1 saturated heterocycles. The van der Waals surface area contributed by atoms with Gasteiger partial charge in [-0.3, -0.25) is 4.79 Å². The quantitative estimate of drug-likeness (QED) is 0.361. The van der Waals surface area contributed by atoms with Gasteiger partial charge < -0.3 is 15.1 Å². The van der Waals surface area contributed by atoms with Crippen LogP contribution in [-0.2, 0) is 18.8 Å². The van der Waals surface area contributed by atoms with Crippen LogP contribution in [0.2, 0.25) is 0 Å². The molecule has 39 heavy (non-hydrogen) atoms. The van der Waals surface area contributed by atoms with E-state index in [0.29, 0.717) is 23.3 Å². The van der Waals surface area contributed by atoms with E-state index >= 15 is 0 Å². The van der Waals surface area contributed by atoms with Crippen molar-refractivity contribution in [1.29, 1.82) is 0 Å². The summed E-state index contributed by atoms with van der Waals surface area (Å²) in [5.41, 5.74) is 0.975. The highest BCUT2D eigenvalue weighted by molar-refractivity contribution is 6.02. The van der Waals surface area contributed by atoms with Crippen LogP contribution in [0.4, 0.5) is 32.0 Å². The van der Waals surface area contributed by atoms with Gasteiger partial charge in [-0.2, -0.15) is 26.3 Å². The molecule has 3 aromatic rings. The lowest BCUT2D eigenvalue weighted by Crippen LogP contribution is -2.44. The number of amides is 1. The van der Waals surface area contributed by atoms with Crippen molar-refractivity contribution in [3.8, 4) is 11.1 Å². The second kappa shape index (κ2) is 11.3. The molecule has 4 rings (SSSR count). The van der Waals surface area contributed by atoms with Gasteiger partial charge >= 0.3 is 12.4 Å². The number of alkyl halides is 6. The maximum Gasteiger partial charge on any atom is 0.416 e. The summed E-state index contributed by atoms with van der Waals surface area (Å²) in [7, 11) is 2.06. The van der Waals surface area contributed by atoms with Crippen LogP contribution in [0, 0.1) is 6.92 Å². The van der Waals surface area contributed by atoms with Crippen molar-refractivity contribution in [2.24, 2.45) is 0 Å². The molecule has 1 amide bonds. The fourth-order valence-corrected chi connectivity index (χ4v) is 4.67. The molecule has 1 N–H and O–H groups in total. The normalized spacial score (nSPS) is 14.9. The molecule has 0 aromatic heterocycles. The molecule has 3 aromatic carbocycles. The number of rotatable bonds is 6. The van der Waals surface area contributed by atoms with Crippen LogP contribution >= 0.6 is 0 Å². The van der Waals surface area contributed by atoms with Gasteiger partial charge in [-0.15, -0.1) is 0 Å². The van der Waals surface area contributed by atoms with E-state index < -0.39 is 29.4 Å². The Kier molecular flexibility index (Phi) is 8.25. The van der Waals surface area contributed by atoms with Gasteiger partial charge in [0.2, 0.25) is 0 Å². The molecule has 10 heteroatoms. The summed E-state index contributed by atoms with van der Waals surface area (Å²) in [6.07, 6.45) is -10.0. The fourth-order valence-electron chi connectivity index (χ4n) is 4.67. The van der Waals surface area contributed by atoms with Crippen molar-refractivity contribution in [2.75, 3.05) is 44.7 Å². The molecule has 4 nitrogen and oxygen atoms in total. The zero-order valence-electron chi connectivity index (χ0n) is 21.6. The Hall–Kier alpha value is -3.53. The highest BCUT2D eigenvalue weighted by Gasteiger charge is 2.36. The molecule has 1 aliphatic heterocycles. The minimum atomic E-state index is -4.92. The predicted molar refractivity (Wildman–Crippen MR) is 139 cm³/mol.